The Morgan fingerprint density at radius 1 is 1.24 bits per heavy atom. The average molecular weight is 289 g/mol. The van der Waals surface area contributed by atoms with Crippen LogP contribution in [0.3, 0.4) is 0 Å². The van der Waals surface area contributed by atoms with Crippen molar-refractivity contribution in [3.63, 3.8) is 0 Å². The predicted octanol–water partition coefficient (Wildman–Crippen LogP) is 3.06. The van der Waals surface area contributed by atoms with Crippen molar-refractivity contribution in [1.29, 1.82) is 0 Å². The van der Waals surface area contributed by atoms with E-state index >= 15 is 0 Å². The van der Waals surface area contributed by atoms with Crippen LogP contribution < -0.4 is 10.1 Å². The van der Waals surface area contributed by atoms with Crippen LogP contribution in [-0.2, 0) is 11.2 Å². The molecule has 1 aromatic carbocycles. The average Bonchev–Trinajstić information content (AvgIpc) is 2.79. The van der Waals surface area contributed by atoms with Crippen molar-refractivity contribution in [1.82, 2.24) is 5.32 Å². The minimum Gasteiger partial charge on any atom is -0.493 e. The van der Waals surface area contributed by atoms with Crippen LogP contribution >= 0.6 is 0 Å². The number of nitrogens with one attached hydrogen (secondary N) is 1. The third-order valence-electron chi connectivity index (χ3n) is 4.55. The molecule has 0 amide bonds. The SMILES string of the molecule is O=C(O)C(NC1CCCCCC1)c1ccc2c(c1)CCO2. The molecular weight excluding hydrogens is 266 g/mol. The molecule has 1 aromatic rings. The predicted molar refractivity (Wildman–Crippen MR) is 80.6 cm³/mol. The highest BCUT2D eigenvalue weighted by Gasteiger charge is 2.25. The van der Waals surface area contributed by atoms with Crippen LogP contribution in [0.25, 0.3) is 0 Å². The van der Waals surface area contributed by atoms with Crippen LogP contribution in [0.1, 0.15) is 55.7 Å². The minimum atomic E-state index is -0.793. The smallest absolute Gasteiger partial charge is 0.325 e. The fourth-order valence-electron chi connectivity index (χ4n) is 3.38. The van der Waals surface area contributed by atoms with E-state index < -0.39 is 12.0 Å². The van der Waals surface area contributed by atoms with E-state index in [-0.39, 0.29) is 0 Å². The monoisotopic (exact) mass is 289 g/mol. The van der Waals surface area contributed by atoms with Crippen LogP contribution in [0.15, 0.2) is 18.2 Å². The molecule has 1 aliphatic heterocycles. The van der Waals surface area contributed by atoms with Crippen LogP contribution in [-0.4, -0.2) is 23.7 Å². The van der Waals surface area contributed by atoms with Crippen molar-refractivity contribution >= 4 is 5.97 Å². The highest BCUT2D eigenvalue weighted by molar-refractivity contribution is 5.75. The van der Waals surface area contributed by atoms with Gasteiger partial charge in [0.2, 0.25) is 0 Å². The van der Waals surface area contributed by atoms with Gasteiger partial charge >= 0.3 is 5.97 Å². The zero-order valence-corrected chi connectivity index (χ0v) is 12.3. The summed E-state index contributed by atoms with van der Waals surface area (Å²) in [5.74, 6) is 0.107. The standard InChI is InChI=1S/C17H23NO3/c19-17(20)16(18-14-5-3-1-2-4-6-14)13-7-8-15-12(11-13)9-10-21-15/h7-8,11,14,16,18H,1-6,9-10H2,(H,19,20). The summed E-state index contributed by atoms with van der Waals surface area (Å²) in [4.78, 5) is 11.7. The van der Waals surface area contributed by atoms with Crippen molar-refractivity contribution in [2.75, 3.05) is 6.61 Å². The maximum Gasteiger partial charge on any atom is 0.325 e. The van der Waals surface area contributed by atoms with Crippen molar-refractivity contribution in [2.24, 2.45) is 0 Å². The first-order valence-electron chi connectivity index (χ1n) is 7.98. The summed E-state index contributed by atoms with van der Waals surface area (Å²) in [6, 6.07) is 5.48. The lowest BCUT2D eigenvalue weighted by Gasteiger charge is -2.22. The summed E-state index contributed by atoms with van der Waals surface area (Å²) in [6.07, 6.45) is 7.97. The number of carboxylic acid groups (broad SMARTS) is 1. The zero-order chi connectivity index (χ0) is 14.7. The fourth-order valence-corrected chi connectivity index (χ4v) is 3.38. The van der Waals surface area contributed by atoms with Gasteiger partial charge in [-0.2, -0.15) is 0 Å². The number of carbonyl (C=O) groups is 1. The van der Waals surface area contributed by atoms with Gasteiger partial charge in [-0.1, -0.05) is 31.7 Å². The summed E-state index contributed by atoms with van der Waals surface area (Å²) in [5.41, 5.74) is 1.97. The molecule has 0 saturated heterocycles. The third kappa shape index (κ3) is 3.38. The van der Waals surface area contributed by atoms with E-state index in [2.05, 4.69) is 5.32 Å². The summed E-state index contributed by atoms with van der Waals surface area (Å²) in [7, 11) is 0. The topological polar surface area (TPSA) is 58.6 Å². The maximum atomic E-state index is 11.7. The molecule has 2 N–H and O–H groups in total. The van der Waals surface area contributed by atoms with E-state index in [1.165, 1.54) is 25.7 Å². The van der Waals surface area contributed by atoms with E-state index in [9.17, 15) is 9.90 Å². The second kappa shape index (κ2) is 6.48. The number of ether oxygens (including phenoxy) is 1. The van der Waals surface area contributed by atoms with Crippen molar-refractivity contribution < 1.29 is 14.6 Å². The van der Waals surface area contributed by atoms with E-state index in [1.54, 1.807) is 0 Å². The van der Waals surface area contributed by atoms with Gasteiger partial charge < -0.3 is 9.84 Å². The molecule has 114 valence electrons. The first-order chi connectivity index (χ1) is 10.2. The Hall–Kier alpha value is -1.55. The number of hydrogen-bond acceptors (Lipinski definition) is 3. The molecule has 2 aliphatic rings. The highest BCUT2D eigenvalue weighted by Crippen LogP contribution is 2.29. The molecule has 1 aliphatic carbocycles. The van der Waals surface area contributed by atoms with Gasteiger partial charge in [0.1, 0.15) is 11.8 Å². The lowest BCUT2D eigenvalue weighted by atomic mass is 10.00. The molecule has 0 bridgehead atoms. The van der Waals surface area contributed by atoms with Gasteiger partial charge in [0.05, 0.1) is 6.61 Å². The molecule has 0 spiro atoms. The Kier molecular flexibility index (Phi) is 4.44. The lowest BCUT2D eigenvalue weighted by Crippen LogP contribution is -2.36. The van der Waals surface area contributed by atoms with Gasteiger partial charge in [0.15, 0.2) is 0 Å². The summed E-state index contributed by atoms with van der Waals surface area (Å²) < 4.78 is 5.49. The molecule has 4 heteroatoms. The molecule has 1 fully saturated rings. The number of benzene rings is 1. The van der Waals surface area contributed by atoms with Gasteiger partial charge in [-0.15, -0.1) is 0 Å². The quantitative estimate of drug-likeness (QED) is 0.836. The molecule has 1 saturated carbocycles. The molecule has 3 rings (SSSR count). The number of carboxylic acids is 1. The van der Waals surface area contributed by atoms with Crippen molar-refractivity contribution in [3.05, 3.63) is 29.3 Å². The second-order valence-electron chi connectivity index (χ2n) is 6.09. The van der Waals surface area contributed by atoms with Crippen LogP contribution in [0.2, 0.25) is 0 Å². The molecule has 1 heterocycles. The Labute approximate surface area is 125 Å². The summed E-state index contributed by atoms with van der Waals surface area (Å²) in [5, 5.41) is 12.9. The van der Waals surface area contributed by atoms with Gasteiger partial charge in [-0.3, -0.25) is 10.1 Å². The Morgan fingerprint density at radius 3 is 2.71 bits per heavy atom. The molecule has 1 atom stereocenters. The van der Waals surface area contributed by atoms with Gasteiger partial charge in [0.25, 0.3) is 0 Å². The second-order valence-corrected chi connectivity index (χ2v) is 6.09. The van der Waals surface area contributed by atoms with Crippen molar-refractivity contribution in [3.8, 4) is 5.75 Å². The summed E-state index contributed by atoms with van der Waals surface area (Å²) in [6.45, 7) is 0.701. The summed E-state index contributed by atoms with van der Waals surface area (Å²) >= 11 is 0. The molecule has 0 aromatic heterocycles. The Balaban J connectivity index is 1.76. The molecule has 1 unspecified atom stereocenters. The van der Waals surface area contributed by atoms with E-state index in [0.29, 0.717) is 12.6 Å². The van der Waals surface area contributed by atoms with E-state index in [4.69, 9.17) is 4.74 Å². The van der Waals surface area contributed by atoms with Crippen LogP contribution in [0.5, 0.6) is 5.75 Å². The normalized spacial score (nSPS) is 20.4. The Bertz CT molecular complexity index is 507. The van der Waals surface area contributed by atoms with Crippen molar-refractivity contribution in [2.45, 2.75) is 57.0 Å². The highest BCUT2D eigenvalue weighted by atomic mass is 16.5. The first kappa shape index (κ1) is 14.4. The van der Waals surface area contributed by atoms with E-state index in [0.717, 1.165) is 36.1 Å². The first-order valence-corrected chi connectivity index (χ1v) is 7.98. The minimum absolute atomic E-state index is 0.318. The fraction of sp³-hybridized carbons (Fsp3) is 0.588. The largest absolute Gasteiger partial charge is 0.493 e. The van der Waals surface area contributed by atoms with E-state index in [1.807, 2.05) is 18.2 Å². The van der Waals surface area contributed by atoms with Crippen LogP contribution in [0.4, 0.5) is 0 Å². The van der Waals surface area contributed by atoms with Crippen LogP contribution in [0, 0.1) is 0 Å². The number of fused-ring (bicyclic) bond motifs is 1. The Morgan fingerprint density at radius 2 is 2.00 bits per heavy atom. The van der Waals surface area contributed by atoms with Gasteiger partial charge in [-0.05, 0) is 36.1 Å². The molecular formula is C17H23NO3. The molecule has 0 radical (unpaired) electrons. The molecule has 4 nitrogen and oxygen atoms in total. The number of hydrogen-bond donors (Lipinski definition) is 2. The number of rotatable bonds is 4. The van der Waals surface area contributed by atoms with Gasteiger partial charge in [-0.25, -0.2) is 0 Å². The lowest BCUT2D eigenvalue weighted by molar-refractivity contribution is -0.140. The third-order valence-corrected chi connectivity index (χ3v) is 4.55. The van der Waals surface area contributed by atoms with Gasteiger partial charge in [0, 0.05) is 12.5 Å². The number of aliphatic carboxylic acids is 1. The molecule has 21 heavy (non-hydrogen) atoms. The zero-order valence-electron chi connectivity index (χ0n) is 12.3. The maximum absolute atomic E-state index is 11.7.